The predicted molar refractivity (Wildman–Crippen MR) is 168 cm³/mol. The van der Waals surface area contributed by atoms with Crippen LogP contribution in [0.3, 0.4) is 0 Å². The van der Waals surface area contributed by atoms with Gasteiger partial charge in [0.15, 0.2) is 0 Å². The van der Waals surface area contributed by atoms with Gasteiger partial charge in [-0.3, -0.25) is 4.98 Å². The van der Waals surface area contributed by atoms with Crippen molar-refractivity contribution in [3.63, 3.8) is 0 Å². The van der Waals surface area contributed by atoms with Gasteiger partial charge in [0.05, 0.1) is 12.9 Å². The van der Waals surface area contributed by atoms with E-state index in [1.807, 2.05) is 83.3 Å². The molecule has 0 N–H and O–H groups in total. The average molecular weight is 743 g/mol. The van der Waals surface area contributed by atoms with Crippen molar-refractivity contribution < 1.29 is 29.1 Å². The Hall–Kier alpha value is -4.25. The summed E-state index contributed by atoms with van der Waals surface area (Å²) < 4.78 is 11.9. The topological polar surface area (TPSA) is 39.8 Å². The number of imidazole rings is 2. The third-order valence-electron chi connectivity index (χ3n) is 7.44. The van der Waals surface area contributed by atoms with Gasteiger partial charge in [0, 0.05) is 41.4 Å². The van der Waals surface area contributed by atoms with Crippen molar-refractivity contribution in [1.29, 1.82) is 0 Å². The number of rotatable bonds is 5. The molecule has 0 aliphatic rings. The molecule has 0 bridgehead atoms. The van der Waals surface area contributed by atoms with Crippen LogP contribution < -0.4 is 4.57 Å². The molecule has 0 saturated carbocycles. The summed E-state index contributed by atoms with van der Waals surface area (Å²) in [7, 11) is 1.94. The third-order valence-corrected chi connectivity index (χ3v) is 7.44. The largest absolute Gasteiger partial charge is 3.00 e. The molecule has 3 heterocycles. The smallest absolute Gasteiger partial charge is 0.521 e. The molecular formula is C37H34IrN4O+. The first-order valence-electron chi connectivity index (χ1n) is 14.3. The summed E-state index contributed by atoms with van der Waals surface area (Å²) >= 11 is 0. The van der Waals surface area contributed by atoms with Crippen molar-refractivity contribution in [2.24, 2.45) is 7.05 Å². The number of fused-ring (bicyclic) bond motifs is 3. The fourth-order valence-electron chi connectivity index (χ4n) is 5.39. The molecule has 0 radical (unpaired) electrons. The molecule has 0 amide bonds. The molecule has 6 heteroatoms. The number of benzene rings is 4. The third kappa shape index (κ3) is 5.99. The molecule has 5 nitrogen and oxygen atoms in total. The average Bonchev–Trinajstić information content (AvgIpc) is 3.76. The molecule has 43 heavy (non-hydrogen) atoms. The van der Waals surface area contributed by atoms with Gasteiger partial charge in [-0.2, -0.15) is 18.2 Å². The van der Waals surface area contributed by atoms with Crippen molar-refractivity contribution >= 4 is 21.9 Å². The first-order chi connectivity index (χ1) is 20.4. The van der Waals surface area contributed by atoms with Crippen LogP contribution in [0.2, 0.25) is 0 Å². The summed E-state index contributed by atoms with van der Waals surface area (Å²) in [5, 5.41) is 2.23. The maximum atomic E-state index is 5.97. The molecule has 0 unspecified atom stereocenters. The van der Waals surface area contributed by atoms with E-state index in [0.29, 0.717) is 11.8 Å². The van der Waals surface area contributed by atoms with E-state index in [1.165, 1.54) is 16.8 Å². The summed E-state index contributed by atoms with van der Waals surface area (Å²) in [5.74, 6) is 1.86. The van der Waals surface area contributed by atoms with Gasteiger partial charge < -0.3 is 18.1 Å². The van der Waals surface area contributed by atoms with Gasteiger partial charge in [-0.05, 0) is 34.7 Å². The van der Waals surface area contributed by atoms with Crippen molar-refractivity contribution in [1.82, 2.24) is 14.1 Å². The van der Waals surface area contributed by atoms with Gasteiger partial charge in [0.2, 0.25) is 6.33 Å². The van der Waals surface area contributed by atoms with E-state index in [9.17, 15) is 0 Å². The van der Waals surface area contributed by atoms with Crippen LogP contribution in [-0.2, 0) is 27.2 Å². The summed E-state index contributed by atoms with van der Waals surface area (Å²) in [6, 6.07) is 33.2. The quantitative estimate of drug-likeness (QED) is 0.131. The van der Waals surface area contributed by atoms with Crippen molar-refractivity contribution in [2.45, 2.75) is 39.5 Å². The molecule has 0 aliphatic carbocycles. The Morgan fingerprint density at radius 1 is 0.791 bits per heavy atom. The maximum Gasteiger partial charge on any atom is 3.00 e. The van der Waals surface area contributed by atoms with E-state index >= 15 is 0 Å². The van der Waals surface area contributed by atoms with Crippen LogP contribution in [0.5, 0.6) is 0 Å². The van der Waals surface area contributed by atoms with Gasteiger partial charge >= 0.3 is 20.1 Å². The van der Waals surface area contributed by atoms with Crippen molar-refractivity contribution in [2.75, 3.05) is 0 Å². The van der Waals surface area contributed by atoms with Gasteiger partial charge in [0.25, 0.3) is 0 Å². The molecule has 0 atom stereocenters. The number of nitrogens with zero attached hydrogens (tertiary/aromatic N) is 4. The Kier molecular flexibility index (Phi) is 9.10. The summed E-state index contributed by atoms with van der Waals surface area (Å²) in [4.78, 5) is 4.60. The number of hydrogen-bond acceptors (Lipinski definition) is 2. The van der Waals surface area contributed by atoms with E-state index in [0.717, 1.165) is 39.0 Å². The minimum absolute atomic E-state index is 0. The molecule has 0 spiro atoms. The predicted octanol–water partition coefficient (Wildman–Crippen LogP) is 8.39. The fraction of sp³-hybridized carbons (Fsp3) is 0.189. The molecule has 0 fully saturated rings. The molecule has 0 aliphatic heterocycles. The zero-order valence-corrected chi connectivity index (χ0v) is 27.4. The first kappa shape index (κ1) is 30.2. The second-order valence-corrected chi connectivity index (χ2v) is 11.0. The molecular weight excluding hydrogens is 709 g/mol. The molecule has 4 aromatic carbocycles. The van der Waals surface area contributed by atoms with Crippen LogP contribution in [0.1, 0.15) is 50.7 Å². The van der Waals surface area contributed by atoms with Gasteiger partial charge in [-0.1, -0.05) is 69.5 Å². The van der Waals surface area contributed by atoms with Crippen molar-refractivity contribution in [3.05, 3.63) is 133 Å². The zero-order chi connectivity index (χ0) is 29.2. The number of aromatic nitrogens is 4. The molecule has 7 rings (SSSR count). The number of hydrogen-bond donors (Lipinski definition) is 0. The number of para-hydroxylation sites is 2. The van der Waals surface area contributed by atoms with Gasteiger partial charge in [-0.15, -0.1) is 35.9 Å². The molecule has 216 valence electrons. The number of furan rings is 1. The van der Waals surface area contributed by atoms with Crippen molar-refractivity contribution in [3.8, 4) is 22.8 Å². The summed E-state index contributed by atoms with van der Waals surface area (Å²) in [5.41, 5.74) is 7.62. The SMILES string of the molecule is CC(C)c1cccc(C(C)C)c1-n1ccnc1-c1[c-]cccc1.C[n+]1[c-]n(-c2[c-]ccc3c2oc2ccccc23)cc1.[Ir+3]. The van der Waals surface area contributed by atoms with Crippen LogP contribution in [0, 0.1) is 18.5 Å². The van der Waals surface area contributed by atoms with E-state index < -0.39 is 0 Å². The Bertz CT molecular complexity index is 1940. The Morgan fingerprint density at radius 2 is 1.53 bits per heavy atom. The zero-order valence-electron chi connectivity index (χ0n) is 25.0. The first-order valence-corrected chi connectivity index (χ1v) is 14.3. The minimum Gasteiger partial charge on any atom is -0.521 e. The fourth-order valence-corrected chi connectivity index (χ4v) is 5.39. The van der Waals surface area contributed by atoms with Crippen LogP contribution in [-0.4, -0.2) is 14.1 Å². The van der Waals surface area contributed by atoms with E-state index in [2.05, 4.69) is 92.2 Å². The standard InChI is InChI=1S/C21H23N2.C16H11N2O.Ir/c1-15(2)18-11-8-12-19(16(3)4)20(18)23-14-13-22-21(23)17-9-6-5-7-10-17;1-17-9-10-18(11-17)14-7-4-6-13-12-5-2-3-8-15(12)19-16(13)14;/h5-9,11-16H,1-4H3;2-6,8-10H,1H3;/q2*-1;+3. The maximum absolute atomic E-state index is 5.97. The van der Waals surface area contributed by atoms with Crippen LogP contribution in [0.25, 0.3) is 44.7 Å². The minimum atomic E-state index is 0. The molecule has 7 aromatic rings. The molecule has 0 saturated heterocycles. The van der Waals surface area contributed by atoms with E-state index in [4.69, 9.17) is 4.42 Å². The van der Waals surface area contributed by atoms with Gasteiger partial charge in [0.1, 0.15) is 5.58 Å². The van der Waals surface area contributed by atoms with E-state index in [1.54, 1.807) is 0 Å². The Balaban J connectivity index is 0.000000170. The van der Waals surface area contributed by atoms with Crippen LogP contribution in [0.15, 0.2) is 108 Å². The Labute approximate surface area is 266 Å². The van der Waals surface area contributed by atoms with Crippen LogP contribution >= 0.6 is 0 Å². The number of aryl methyl sites for hydroxylation is 1. The summed E-state index contributed by atoms with van der Waals surface area (Å²) in [6.07, 6.45) is 11.0. The monoisotopic (exact) mass is 743 g/mol. The second-order valence-electron chi connectivity index (χ2n) is 11.0. The van der Waals surface area contributed by atoms with Crippen LogP contribution in [0.4, 0.5) is 0 Å². The van der Waals surface area contributed by atoms with Gasteiger partial charge in [-0.25, -0.2) is 0 Å². The molecule has 3 aromatic heterocycles. The Morgan fingerprint density at radius 3 is 2.21 bits per heavy atom. The summed E-state index contributed by atoms with van der Waals surface area (Å²) in [6.45, 7) is 8.98. The normalized spacial score (nSPS) is 11.1. The second kappa shape index (κ2) is 12.9. The van der Waals surface area contributed by atoms with E-state index in [-0.39, 0.29) is 20.1 Å².